The Hall–Kier alpha value is -1.94. The summed E-state index contributed by atoms with van der Waals surface area (Å²) in [5.41, 5.74) is 3.62. The van der Waals surface area contributed by atoms with Crippen LogP contribution in [0, 0.1) is 0 Å². The van der Waals surface area contributed by atoms with Gasteiger partial charge in [0.25, 0.3) is 0 Å². The van der Waals surface area contributed by atoms with Gasteiger partial charge in [0, 0.05) is 19.8 Å². The zero-order valence-corrected chi connectivity index (χ0v) is 13.7. The van der Waals surface area contributed by atoms with Crippen molar-refractivity contribution in [1.29, 1.82) is 0 Å². The highest BCUT2D eigenvalue weighted by Crippen LogP contribution is 2.26. The second-order valence-electron chi connectivity index (χ2n) is 5.13. The molecule has 21 heavy (non-hydrogen) atoms. The standard InChI is InChI=1S/C17H18N2O.BrH/c1-18-13-19(11-14-5-3-2-4-6-14)12-17(18)15-7-9-16(20)10-8-15;/h2-10,12,20H,11,13H2,1H3;1H. The van der Waals surface area contributed by atoms with Gasteiger partial charge in [0.15, 0.2) is 0 Å². The fourth-order valence-corrected chi connectivity index (χ4v) is 2.50. The van der Waals surface area contributed by atoms with Gasteiger partial charge in [-0.2, -0.15) is 0 Å². The van der Waals surface area contributed by atoms with Crippen molar-refractivity contribution in [2.45, 2.75) is 6.54 Å². The Morgan fingerprint density at radius 1 is 1.00 bits per heavy atom. The molecule has 0 saturated heterocycles. The topological polar surface area (TPSA) is 26.7 Å². The Kier molecular flexibility index (Phi) is 4.91. The monoisotopic (exact) mass is 346 g/mol. The lowest BCUT2D eigenvalue weighted by molar-refractivity contribution is 0.296. The number of halogens is 1. The van der Waals surface area contributed by atoms with Gasteiger partial charge in [0.2, 0.25) is 0 Å². The van der Waals surface area contributed by atoms with E-state index in [0.29, 0.717) is 5.75 Å². The van der Waals surface area contributed by atoms with Gasteiger partial charge < -0.3 is 14.9 Å². The fourth-order valence-electron chi connectivity index (χ4n) is 2.50. The smallest absolute Gasteiger partial charge is 0.115 e. The van der Waals surface area contributed by atoms with Crippen LogP contribution in [0.2, 0.25) is 0 Å². The normalized spacial score (nSPS) is 13.9. The van der Waals surface area contributed by atoms with Gasteiger partial charge in [0.05, 0.1) is 12.4 Å². The van der Waals surface area contributed by atoms with E-state index in [4.69, 9.17) is 0 Å². The predicted octanol–water partition coefficient (Wildman–Crippen LogP) is 3.67. The second kappa shape index (κ2) is 6.68. The maximum atomic E-state index is 9.37. The van der Waals surface area contributed by atoms with Crippen molar-refractivity contribution in [2.75, 3.05) is 13.7 Å². The summed E-state index contributed by atoms with van der Waals surface area (Å²) >= 11 is 0. The first-order valence-corrected chi connectivity index (χ1v) is 6.73. The largest absolute Gasteiger partial charge is 0.508 e. The average Bonchev–Trinajstić information content (AvgIpc) is 2.81. The van der Waals surface area contributed by atoms with Gasteiger partial charge in [-0.1, -0.05) is 30.3 Å². The molecule has 0 amide bonds. The Bertz CT molecular complexity index is 610. The van der Waals surface area contributed by atoms with Crippen molar-refractivity contribution in [1.82, 2.24) is 9.80 Å². The molecule has 0 unspecified atom stereocenters. The van der Waals surface area contributed by atoms with Crippen molar-refractivity contribution >= 4 is 22.7 Å². The predicted molar refractivity (Wildman–Crippen MR) is 91.0 cm³/mol. The van der Waals surface area contributed by atoms with Crippen LogP contribution in [-0.4, -0.2) is 28.6 Å². The summed E-state index contributed by atoms with van der Waals surface area (Å²) in [7, 11) is 2.09. The van der Waals surface area contributed by atoms with Crippen molar-refractivity contribution in [3.63, 3.8) is 0 Å². The van der Waals surface area contributed by atoms with Crippen molar-refractivity contribution in [2.24, 2.45) is 0 Å². The molecule has 4 heteroatoms. The molecule has 1 aliphatic rings. The van der Waals surface area contributed by atoms with Crippen LogP contribution in [0.3, 0.4) is 0 Å². The molecule has 0 aromatic heterocycles. The Balaban J connectivity index is 0.00000161. The molecule has 0 saturated carbocycles. The molecule has 3 nitrogen and oxygen atoms in total. The van der Waals surface area contributed by atoms with E-state index in [2.05, 4.69) is 47.3 Å². The third-order valence-corrected chi connectivity index (χ3v) is 3.50. The molecule has 0 fully saturated rings. The molecular weight excluding hydrogens is 328 g/mol. The van der Waals surface area contributed by atoms with Crippen LogP contribution in [0.4, 0.5) is 0 Å². The Morgan fingerprint density at radius 2 is 1.67 bits per heavy atom. The highest BCUT2D eigenvalue weighted by molar-refractivity contribution is 8.93. The highest BCUT2D eigenvalue weighted by atomic mass is 79.9. The summed E-state index contributed by atoms with van der Waals surface area (Å²) in [5, 5.41) is 9.37. The van der Waals surface area contributed by atoms with E-state index < -0.39 is 0 Å². The molecule has 3 rings (SSSR count). The molecule has 1 aliphatic heterocycles. The third-order valence-electron chi connectivity index (χ3n) is 3.50. The highest BCUT2D eigenvalue weighted by Gasteiger charge is 2.18. The van der Waals surface area contributed by atoms with E-state index in [1.54, 1.807) is 12.1 Å². The number of aromatic hydroxyl groups is 1. The fraction of sp³-hybridized carbons (Fsp3) is 0.176. The molecule has 2 aromatic rings. The van der Waals surface area contributed by atoms with Gasteiger partial charge in [0.1, 0.15) is 5.75 Å². The van der Waals surface area contributed by atoms with Crippen molar-refractivity contribution < 1.29 is 5.11 Å². The molecule has 0 atom stereocenters. The zero-order chi connectivity index (χ0) is 13.9. The Labute approximate surface area is 135 Å². The lowest BCUT2D eigenvalue weighted by Gasteiger charge is -2.19. The number of phenols is 1. The van der Waals surface area contributed by atoms with Crippen molar-refractivity contribution in [3.05, 3.63) is 71.9 Å². The summed E-state index contributed by atoms with van der Waals surface area (Å²) < 4.78 is 0. The van der Waals surface area contributed by atoms with Gasteiger partial charge in [-0.3, -0.25) is 0 Å². The second-order valence-corrected chi connectivity index (χ2v) is 5.13. The van der Waals surface area contributed by atoms with Gasteiger partial charge >= 0.3 is 0 Å². The number of nitrogens with zero attached hydrogens (tertiary/aromatic N) is 2. The molecule has 0 bridgehead atoms. The quantitative estimate of drug-likeness (QED) is 0.918. The van der Waals surface area contributed by atoms with Crippen LogP contribution in [0.5, 0.6) is 5.75 Å². The van der Waals surface area contributed by atoms with Crippen LogP contribution >= 0.6 is 17.0 Å². The van der Waals surface area contributed by atoms with Crippen LogP contribution in [-0.2, 0) is 6.54 Å². The molecule has 1 N–H and O–H groups in total. The molecule has 0 aliphatic carbocycles. The van der Waals surface area contributed by atoms with Gasteiger partial charge in [-0.05, 0) is 35.4 Å². The minimum Gasteiger partial charge on any atom is -0.508 e. The summed E-state index contributed by atoms with van der Waals surface area (Å²) in [5.74, 6) is 0.302. The molecule has 110 valence electrons. The molecular formula is C17H19BrN2O. The molecule has 0 spiro atoms. The summed E-state index contributed by atoms with van der Waals surface area (Å²) in [6.45, 7) is 1.79. The lowest BCUT2D eigenvalue weighted by atomic mass is 10.1. The SMILES string of the molecule is Br.CN1CN(Cc2ccccc2)C=C1c1ccc(O)cc1. The van der Waals surface area contributed by atoms with Crippen molar-refractivity contribution in [3.8, 4) is 5.75 Å². The van der Waals surface area contributed by atoms with E-state index in [-0.39, 0.29) is 17.0 Å². The summed E-state index contributed by atoms with van der Waals surface area (Å²) in [4.78, 5) is 4.51. The number of hydrogen-bond acceptors (Lipinski definition) is 3. The minimum atomic E-state index is 0. The average molecular weight is 347 g/mol. The minimum absolute atomic E-state index is 0. The lowest BCUT2D eigenvalue weighted by Crippen LogP contribution is -2.22. The molecule has 2 aromatic carbocycles. The summed E-state index contributed by atoms with van der Waals surface area (Å²) in [6, 6.07) is 17.8. The number of hydrogen-bond donors (Lipinski definition) is 1. The van der Waals surface area contributed by atoms with Crippen LogP contribution < -0.4 is 0 Å². The van der Waals surface area contributed by atoms with Crippen LogP contribution in [0.15, 0.2) is 60.8 Å². The first-order valence-electron chi connectivity index (χ1n) is 6.73. The number of phenolic OH excluding ortho intramolecular Hbond substituents is 1. The molecule has 0 radical (unpaired) electrons. The summed E-state index contributed by atoms with van der Waals surface area (Å²) in [6.07, 6.45) is 2.18. The van der Waals surface area contributed by atoms with E-state index in [1.165, 1.54) is 11.3 Å². The van der Waals surface area contributed by atoms with Gasteiger partial charge in [-0.25, -0.2) is 0 Å². The molecule has 1 heterocycles. The Morgan fingerprint density at radius 3 is 2.33 bits per heavy atom. The third kappa shape index (κ3) is 3.58. The van der Waals surface area contributed by atoms with E-state index in [0.717, 1.165) is 18.8 Å². The zero-order valence-electron chi connectivity index (χ0n) is 11.9. The first-order chi connectivity index (χ1) is 9.72. The van der Waals surface area contributed by atoms with E-state index in [9.17, 15) is 5.11 Å². The number of rotatable bonds is 3. The maximum absolute atomic E-state index is 9.37. The van der Waals surface area contributed by atoms with Crippen LogP contribution in [0.25, 0.3) is 5.70 Å². The maximum Gasteiger partial charge on any atom is 0.115 e. The number of benzene rings is 2. The van der Waals surface area contributed by atoms with Gasteiger partial charge in [-0.15, -0.1) is 17.0 Å². The van der Waals surface area contributed by atoms with Crippen LogP contribution in [0.1, 0.15) is 11.1 Å². The van der Waals surface area contributed by atoms with E-state index in [1.807, 2.05) is 18.2 Å². The first kappa shape index (κ1) is 15.4. The van der Waals surface area contributed by atoms with E-state index >= 15 is 0 Å².